The van der Waals surface area contributed by atoms with E-state index in [1.54, 1.807) is 0 Å². The van der Waals surface area contributed by atoms with Crippen LogP contribution in [0.25, 0.3) is 0 Å². The number of rotatable bonds is 4. The molecule has 1 N–H and O–H groups in total. The Kier molecular flexibility index (Phi) is 4.35. The predicted molar refractivity (Wildman–Crippen MR) is 62.5 cm³/mol. The number of hydrazine groups is 1. The zero-order chi connectivity index (χ0) is 11.9. The molecule has 5 heteroatoms. The number of hydrogen-bond donors (Lipinski definition) is 1. The van der Waals surface area contributed by atoms with Gasteiger partial charge in [0.25, 0.3) is 5.91 Å². The van der Waals surface area contributed by atoms with E-state index in [9.17, 15) is 4.79 Å². The van der Waals surface area contributed by atoms with E-state index in [0.29, 0.717) is 19.0 Å². The monoisotopic (exact) mass is 236 g/mol. The average Bonchev–Trinajstić information content (AvgIpc) is 2.39. The van der Waals surface area contributed by atoms with E-state index in [1.807, 2.05) is 35.3 Å². The van der Waals surface area contributed by atoms with Crippen molar-refractivity contribution < 1.29 is 14.3 Å². The number of carbonyl (C=O) groups excluding carboxylic acids is 1. The van der Waals surface area contributed by atoms with Gasteiger partial charge in [-0.15, -0.1) is 0 Å². The van der Waals surface area contributed by atoms with Gasteiger partial charge in [0.05, 0.1) is 13.2 Å². The van der Waals surface area contributed by atoms with E-state index in [4.69, 9.17) is 9.47 Å². The van der Waals surface area contributed by atoms with Gasteiger partial charge in [-0.3, -0.25) is 10.2 Å². The molecule has 0 unspecified atom stereocenters. The van der Waals surface area contributed by atoms with Crippen LogP contribution in [0.2, 0.25) is 0 Å². The fourth-order valence-electron chi connectivity index (χ4n) is 1.55. The van der Waals surface area contributed by atoms with Gasteiger partial charge in [-0.2, -0.15) is 0 Å². The summed E-state index contributed by atoms with van der Waals surface area (Å²) >= 11 is 0. The first-order chi connectivity index (χ1) is 8.34. The molecular weight excluding hydrogens is 220 g/mol. The van der Waals surface area contributed by atoms with Crippen molar-refractivity contribution in [2.75, 3.05) is 32.9 Å². The van der Waals surface area contributed by atoms with Crippen LogP contribution in [0.5, 0.6) is 5.75 Å². The van der Waals surface area contributed by atoms with Crippen LogP contribution in [0.15, 0.2) is 30.3 Å². The molecule has 0 radical (unpaired) electrons. The third-order valence-electron chi connectivity index (χ3n) is 2.41. The molecule has 17 heavy (non-hydrogen) atoms. The molecular formula is C12H16N2O3. The second-order valence-electron chi connectivity index (χ2n) is 3.74. The second kappa shape index (κ2) is 6.22. The van der Waals surface area contributed by atoms with Crippen LogP contribution in [0, 0.1) is 0 Å². The Morgan fingerprint density at radius 3 is 2.71 bits per heavy atom. The first-order valence-corrected chi connectivity index (χ1v) is 5.64. The molecule has 92 valence electrons. The smallest absolute Gasteiger partial charge is 0.272 e. The summed E-state index contributed by atoms with van der Waals surface area (Å²) in [7, 11) is 0. The maximum atomic E-state index is 11.6. The molecule has 0 saturated carbocycles. The summed E-state index contributed by atoms with van der Waals surface area (Å²) < 4.78 is 10.5. The summed E-state index contributed by atoms with van der Waals surface area (Å²) in [6.45, 7) is 2.77. The normalized spacial score (nSPS) is 16.5. The van der Waals surface area contributed by atoms with Crippen LogP contribution >= 0.6 is 0 Å². The van der Waals surface area contributed by atoms with Crippen LogP contribution in [0.4, 0.5) is 0 Å². The van der Waals surface area contributed by atoms with Gasteiger partial charge < -0.3 is 9.47 Å². The van der Waals surface area contributed by atoms with E-state index >= 15 is 0 Å². The van der Waals surface area contributed by atoms with E-state index in [2.05, 4.69) is 5.43 Å². The lowest BCUT2D eigenvalue weighted by atomic mass is 10.3. The molecule has 1 aliphatic rings. The Balaban J connectivity index is 1.70. The van der Waals surface area contributed by atoms with Gasteiger partial charge in [-0.1, -0.05) is 18.2 Å². The maximum Gasteiger partial charge on any atom is 0.272 e. The van der Waals surface area contributed by atoms with Crippen molar-refractivity contribution in [3.63, 3.8) is 0 Å². The van der Waals surface area contributed by atoms with Crippen molar-refractivity contribution in [2.24, 2.45) is 0 Å². The van der Waals surface area contributed by atoms with Crippen molar-refractivity contribution in [3.05, 3.63) is 30.3 Å². The highest BCUT2D eigenvalue weighted by atomic mass is 16.5. The lowest BCUT2D eigenvalue weighted by molar-refractivity contribution is -0.130. The number of para-hydroxylation sites is 1. The number of amides is 1. The zero-order valence-corrected chi connectivity index (χ0v) is 9.59. The maximum absolute atomic E-state index is 11.6. The summed E-state index contributed by atoms with van der Waals surface area (Å²) in [5.41, 5.74) is 2.78. The third kappa shape index (κ3) is 4.05. The molecule has 0 spiro atoms. The highest BCUT2D eigenvalue weighted by molar-refractivity contribution is 5.77. The number of benzene rings is 1. The fraction of sp³-hybridized carbons (Fsp3) is 0.417. The molecule has 0 aromatic heterocycles. The molecule has 1 aromatic carbocycles. The van der Waals surface area contributed by atoms with E-state index in [0.717, 1.165) is 13.1 Å². The first-order valence-electron chi connectivity index (χ1n) is 5.64. The van der Waals surface area contributed by atoms with Gasteiger partial charge in [0.15, 0.2) is 6.61 Å². The molecule has 2 rings (SSSR count). The molecule has 1 saturated heterocycles. The molecule has 0 atom stereocenters. The van der Waals surface area contributed by atoms with Crippen LogP contribution in [-0.4, -0.2) is 43.8 Å². The van der Waals surface area contributed by atoms with Crippen molar-refractivity contribution in [2.45, 2.75) is 0 Å². The van der Waals surface area contributed by atoms with Crippen LogP contribution in [0.3, 0.4) is 0 Å². The number of ether oxygens (including phenoxy) is 2. The SMILES string of the molecule is O=C(COc1ccccc1)NN1CCOCC1. The fourth-order valence-corrected chi connectivity index (χ4v) is 1.55. The number of nitrogens with one attached hydrogen (secondary N) is 1. The largest absolute Gasteiger partial charge is 0.484 e. The molecule has 1 heterocycles. The Morgan fingerprint density at radius 1 is 1.29 bits per heavy atom. The van der Waals surface area contributed by atoms with Crippen LogP contribution < -0.4 is 10.2 Å². The second-order valence-corrected chi connectivity index (χ2v) is 3.74. The molecule has 1 fully saturated rings. The summed E-state index contributed by atoms with van der Waals surface area (Å²) in [4.78, 5) is 11.6. The minimum atomic E-state index is -0.143. The lowest BCUT2D eigenvalue weighted by Crippen LogP contribution is -2.49. The summed E-state index contributed by atoms with van der Waals surface area (Å²) in [5, 5.41) is 1.85. The average molecular weight is 236 g/mol. The summed E-state index contributed by atoms with van der Waals surface area (Å²) in [6.07, 6.45) is 0. The Labute approximate surface area is 100 Å². The number of hydrogen-bond acceptors (Lipinski definition) is 4. The molecule has 1 aliphatic heterocycles. The molecule has 1 amide bonds. The predicted octanol–water partition coefficient (Wildman–Crippen LogP) is 0.429. The highest BCUT2D eigenvalue weighted by Crippen LogP contribution is 2.07. The van der Waals surface area contributed by atoms with E-state index in [-0.39, 0.29) is 12.5 Å². The minimum Gasteiger partial charge on any atom is -0.484 e. The van der Waals surface area contributed by atoms with Gasteiger partial charge in [0, 0.05) is 13.1 Å². The third-order valence-corrected chi connectivity index (χ3v) is 2.41. The van der Waals surface area contributed by atoms with Crippen LogP contribution in [0.1, 0.15) is 0 Å². The quantitative estimate of drug-likeness (QED) is 0.823. The van der Waals surface area contributed by atoms with E-state index in [1.165, 1.54) is 0 Å². The Morgan fingerprint density at radius 2 is 2.00 bits per heavy atom. The Hall–Kier alpha value is -1.59. The number of morpholine rings is 1. The minimum absolute atomic E-state index is 0.0291. The lowest BCUT2D eigenvalue weighted by Gasteiger charge is -2.26. The number of carbonyl (C=O) groups is 1. The van der Waals surface area contributed by atoms with Gasteiger partial charge in [0.1, 0.15) is 5.75 Å². The molecule has 5 nitrogen and oxygen atoms in total. The van der Waals surface area contributed by atoms with Gasteiger partial charge in [-0.25, -0.2) is 5.01 Å². The van der Waals surface area contributed by atoms with Crippen molar-refractivity contribution >= 4 is 5.91 Å². The van der Waals surface area contributed by atoms with Gasteiger partial charge >= 0.3 is 0 Å². The van der Waals surface area contributed by atoms with Crippen molar-refractivity contribution in [1.29, 1.82) is 0 Å². The highest BCUT2D eigenvalue weighted by Gasteiger charge is 2.12. The van der Waals surface area contributed by atoms with Gasteiger partial charge in [0.2, 0.25) is 0 Å². The molecule has 0 bridgehead atoms. The molecule has 1 aromatic rings. The van der Waals surface area contributed by atoms with Crippen molar-refractivity contribution in [1.82, 2.24) is 10.4 Å². The van der Waals surface area contributed by atoms with Gasteiger partial charge in [-0.05, 0) is 12.1 Å². The standard InChI is InChI=1S/C12H16N2O3/c15-12(13-14-6-8-16-9-7-14)10-17-11-4-2-1-3-5-11/h1-5H,6-10H2,(H,13,15). The zero-order valence-electron chi connectivity index (χ0n) is 9.59. The first kappa shape index (κ1) is 11.9. The molecule has 0 aliphatic carbocycles. The number of nitrogens with zero attached hydrogens (tertiary/aromatic N) is 1. The van der Waals surface area contributed by atoms with Crippen LogP contribution in [-0.2, 0) is 9.53 Å². The summed E-state index contributed by atoms with van der Waals surface area (Å²) in [5.74, 6) is 0.556. The summed E-state index contributed by atoms with van der Waals surface area (Å²) in [6, 6.07) is 9.29. The topological polar surface area (TPSA) is 50.8 Å². The van der Waals surface area contributed by atoms with E-state index < -0.39 is 0 Å². The Bertz CT molecular complexity index is 350. The van der Waals surface area contributed by atoms with Crippen molar-refractivity contribution in [3.8, 4) is 5.75 Å².